The lowest BCUT2D eigenvalue weighted by Crippen LogP contribution is -2.33. The zero-order chi connectivity index (χ0) is 13.1. The first kappa shape index (κ1) is 13.7. The van der Waals surface area contributed by atoms with Gasteiger partial charge in [-0.25, -0.2) is 0 Å². The van der Waals surface area contributed by atoms with Gasteiger partial charge in [-0.2, -0.15) is 0 Å². The zero-order valence-corrected chi connectivity index (χ0v) is 12.0. The van der Waals surface area contributed by atoms with Crippen molar-refractivity contribution in [3.8, 4) is 0 Å². The monoisotopic (exact) mass is 267 g/mol. The summed E-state index contributed by atoms with van der Waals surface area (Å²) >= 11 is 6.37. The molecular weight excluding hydrogens is 246 g/mol. The van der Waals surface area contributed by atoms with Gasteiger partial charge in [-0.05, 0) is 44.4 Å². The Kier molecular flexibility index (Phi) is 4.52. The van der Waals surface area contributed by atoms with Gasteiger partial charge in [-0.1, -0.05) is 30.5 Å². The van der Waals surface area contributed by atoms with Crippen molar-refractivity contribution in [1.29, 1.82) is 0 Å². The first-order valence-corrected chi connectivity index (χ1v) is 7.25. The van der Waals surface area contributed by atoms with E-state index in [1.807, 2.05) is 18.2 Å². The minimum atomic E-state index is -0.460. The molecule has 1 saturated carbocycles. The summed E-state index contributed by atoms with van der Waals surface area (Å²) in [6, 6.07) is 6.54. The Bertz CT molecular complexity index is 399. The average Bonchev–Trinajstić information content (AvgIpc) is 2.85. The van der Waals surface area contributed by atoms with Crippen molar-refractivity contribution in [3.05, 3.63) is 28.8 Å². The standard InChI is InChI=1S/C15H22ClNO/c1-3-17(13-6-4-5-7-13)15-9-8-12(11(2)18)10-14(15)16/h8-11,13,18H,3-7H2,1-2H3. The molecule has 1 aromatic rings. The summed E-state index contributed by atoms with van der Waals surface area (Å²) in [7, 11) is 0. The molecule has 3 heteroatoms. The maximum atomic E-state index is 9.57. The second-order valence-electron chi connectivity index (χ2n) is 5.11. The Balaban J connectivity index is 2.25. The van der Waals surface area contributed by atoms with Crippen LogP contribution in [0.1, 0.15) is 51.2 Å². The molecule has 1 unspecified atom stereocenters. The molecule has 0 spiro atoms. The van der Waals surface area contributed by atoms with Crippen LogP contribution in [0.2, 0.25) is 5.02 Å². The Morgan fingerprint density at radius 2 is 2.06 bits per heavy atom. The number of aliphatic hydroxyl groups excluding tert-OH is 1. The van der Waals surface area contributed by atoms with Gasteiger partial charge >= 0.3 is 0 Å². The molecule has 100 valence electrons. The maximum Gasteiger partial charge on any atom is 0.0762 e. The summed E-state index contributed by atoms with van der Waals surface area (Å²) in [4.78, 5) is 2.40. The van der Waals surface area contributed by atoms with Crippen LogP contribution in [-0.2, 0) is 0 Å². The van der Waals surface area contributed by atoms with E-state index in [1.54, 1.807) is 6.92 Å². The molecule has 1 atom stereocenters. The van der Waals surface area contributed by atoms with Crippen LogP contribution in [0.4, 0.5) is 5.69 Å². The SMILES string of the molecule is CCN(c1ccc(C(C)O)cc1Cl)C1CCCC1. The van der Waals surface area contributed by atoms with Gasteiger partial charge < -0.3 is 10.0 Å². The Morgan fingerprint density at radius 3 is 2.56 bits per heavy atom. The third kappa shape index (κ3) is 2.81. The van der Waals surface area contributed by atoms with Gasteiger partial charge in [0.1, 0.15) is 0 Å². The fraction of sp³-hybridized carbons (Fsp3) is 0.600. The van der Waals surface area contributed by atoms with E-state index in [1.165, 1.54) is 25.7 Å². The molecule has 2 nitrogen and oxygen atoms in total. The van der Waals surface area contributed by atoms with Crippen LogP contribution >= 0.6 is 11.6 Å². The van der Waals surface area contributed by atoms with Crippen LogP contribution in [0.15, 0.2) is 18.2 Å². The van der Waals surface area contributed by atoms with Crippen LogP contribution in [-0.4, -0.2) is 17.7 Å². The van der Waals surface area contributed by atoms with E-state index in [0.29, 0.717) is 6.04 Å². The Labute approximate surface area is 115 Å². The van der Waals surface area contributed by atoms with Crippen molar-refractivity contribution < 1.29 is 5.11 Å². The second kappa shape index (κ2) is 5.94. The molecule has 0 radical (unpaired) electrons. The summed E-state index contributed by atoms with van der Waals surface area (Å²) in [6.45, 7) is 4.93. The molecular formula is C15H22ClNO. The van der Waals surface area contributed by atoms with E-state index < -0.39 is 6.10 Å². The Hall–Kier alpha value is -0.730. The minimum absolute atomic E-state index is 0.460. The summed E-state index contributed by atoms with van der Waals surface area (Å²) in [6.07, 6.45) is 4.72. The number of anilines is 1. The summed E-state index contributed by atoms with van der Waals surface area (Å²) in [5, 5.41) is 10.3. The molecule has 0 aliphatic heterocycles. The number of aliphatic hydroxyl groups is 1. The fourth-order valence-electron chi connectivity index (χ4n) is 2.86. The van der Waals surface area contributed by atoms with E-state index in [-0.39, 0.29) is 0 Å². The van der Waals surface area contributed by atoms with Crippen molar-refractivity contribution >= 4 is 17.3 Å². The molecule has 1 fully saturated rings. The van der Waals surface area contributed by atoms with Crippen LogP contribution in [0.5, 0.6) is 0 Å². The normalized spacial score (nSPS) is 18.0. The van der Waals surface area contributed by atoms with Crippen molar-refractivity contribution in [2.75, 3.05) is 11.4 Å². The lowest BCUT2D eigenvalue weighted by molar-refractivity contribution is 0.199. The summed E-state index contributed by atoms with van der Waals surface area (Å²) in [5.41, 5.74) is 1.99. The average molecular weight is 268 g/mol. The van der Waals surface area contributed by atoms with Gasteiger partial charge in [0.05, 0.1) is 16.8 Å². The second-order valence-corrected chi connectivity index (χ2v) is 5.52. The predicted octanol–water partition coefficient (Wildman–Crippen LogP) is 4.16. The largest absolute Gasteiger partial charge is 0.389 e. The minimum Gasteiger partial charge on any atom is -0.389 e. The van der Waals surface area contributed by atoms with Gasteiger partial charge in [0.25, 0.3) is 0 Å². The molecule has 0 bridgehead atoms. The van der Waals surface area contributed by atoms with Gasteiger partial charge in [-0.3, -0.25) is 0 Å². The smallest absolute Gasteiger partial charge is 0.0762 e. The van der Waals surface area contributed by atoms with E-state index in [9.17, 15) is 5.11 Å². The van der Waals surface area contributed by atoms with Crippen molar-refractivity contribution in [2.24, 2.45) is 0 Å². The van der Waals surface area contributed by atoms with E-state index >= 15 is 0 Å². The summed E-state index contributed by atoms with van der Waals surface area (Å²) in [5.74, 6) is 0. The van der Waals surface area contributed by atoms with Gasteiger partial charge in [-0.15, -0.1) is 0 Å². The lowest BCUT2D eigenvalue weighted by atomic mass is 10.1. The highest BCUT2D eigenvalue weighted by molar-refractivity contribution is 6.33. The molecule has 18 heavy (non-hydrogen) atoms. The van der Waals surface area contributed by atoms with Crippen LogP contribution in [0.25, 0.3) is 0 Å². The number of hydrogen-bond donors (Lipinski definition) is 1. The van der Waals surface area contributed by atoms with Gasteiger partial charge in [0.2, 0.25) is 0 Å². The van der Waals surface area contributed by atoms with E-state index in [0.717, 1.165) is 22.8 Å². The van der Waals surface area contributed by atoms with Crippen LogP contribution in [0, 0.1) is 0 Å². The Morgan fingerprint density at radius 1 is 1.39 bits per heavy atom. The van der Waals surface area contributed by atoms with Crippen LogP contribution in [0.3, 0.4) is 0 Å². The number of nitrogens with zero attached hydrogens (tertiary/aromatic N) is 1. The van der Waals surface area contributed by atoms with Gasteiger partial charge in [0.15, 0.2) is 0 Å². The lowest BCUT2D eigenvalue weighted by Gasteiger charge is -2.31. The van der Waals surface area contributed by atoms with E-state index in [4.69, 9.17) is 11.6 Å². The highest BCUT2D eigenvalue weighted by Gasteiger charge is 2.23. The molecule has 0 amide bonds. The third-order valence-electron chi connectivity index (χ3n) is 3.87. The van der Waals surface area contributed by atoms with E-state index in [2.05, 4.69) is 11.8 Å². The third-order valence-corrected chi connectivity index (χ3v) is 4.17. The fourth-order valence-corrected chi connectivity index (χ4v) is 3.15. The van der Waals surface area contributed by atoms with Crippen molar-refractivity contribution in [1.82, 2.24) is 0 Å². The predicted molar refractivity (Wildman–Crippen MR) is 77.4 cm³/mol. The quantitative estimate of drug-likeness (QED) is 0.885. The molecule has 1 aromatic carbocycles. The highest BCUT2D eigenvalue weighted by Crippen LogP contribution is 2.34. The number of hydrogen-bond acceptors (Lipinski definition) is 2. The molecule has 1 N–H and O–H groups in total. The highest BCUT2D eigenvalue weighted by atomic mass is 35.5. The van der Waals surface area contributed by atoms with Crippen LogP contribution < -0.4 is 4.90 Å². The summed E-state index contributed by atoms with van der Waals surface area (Å²) < 4.78 is 0. The first-order chi connectivity index (χ1) is 8.63. The van der Waals surface area contributed by atoms with Gasteiger partial charge in [0, 0.05) is 12.6 Å². The number of benzene rings is 1. The van der Waals surface area contributed by atoms with Crippen molar-refractivity contribution in [3.63, 3.8) is 0 Å². The molecule has 0 heterocycles. The molecule has 0 aromatic heterocycles. The number of halogens is 1. The maximum absolute atomic E-state index is 9.57. The molecule has 0 saturated heterocycles. The zero-order valence-electron chi connectivity index (χ0n) is 11.2. The van der Waals surface area contributed by atoms with Crippen molar-refractivity contribution in [2.45, 2.75) is 51.7 Å². The number of rotatable bonds is 4. The molecule has 2 rings (SSSR count). The molecule has 1 aliphatic rings. The molecule has 1 aliphatic carbocycles. The first-order valence-electron chi connectivity index (χ1n) is 6.87. The topological polar surface area (TPSA) is 23.5 Å².